The molecule has 2 aliphatic rings. The van der Waals surface area contributed by atoms with Crippen molar-refractivity contribution in [3.05, 3.63) is 71.7 Å². The van der Waals surface area contributed by atoms with E-state index < -0.39 is 17.6 Å². The fraction of sp³-hybridized carbons (Fsp3) is 0.348. The smallest absolute Gasteiger partial charge is 0.375 e. The average Bonchev–Trinajstić information content (AvgIpc) is 3.39. The molecule has 2 heterocycles. The largest absolute Gasteiger partial charge is 0.416 e. The van der Waals surface area contributed by atoms with E-state index in [1.54, 1.807) is 11.0 Å². The molecule has 1 amide bonds. The number of amides is 1. The summed E-state index contributed by atoms with van der Waals surface area (Å²) in [6.45, 7) is 2.28. The van der Waals surface area contributed by atoms with E-state index in [9.17, 15) is 22.4 Å². The van der Waals surface area contributed by atoms with E-state index in [1.807, 2.05) is 6.20 Å². The lowest BCUT2D eigenvalue weighted by atomic mass is 10.0. The summed E-state index contributed by atoms with van der Waals surface area (Å²) in [4.78, 5) is 16.9. The normalized spacial score (nSPS) is 19.0. The Balaban J connectivity index is 1.51. The number of benzene rings is 2. The lowest BCUT2D eigenvalue weighted by Gasteiger charge is -2.29. The maximum atomic E-state index is 14.8. The van der Waals surface area contributed by atoms with Crippen LogP contribution in [-0.4, -0.2) is 41.4 Å². The van der Waals surface area contributed by atoms with Gasteiger partial charge in [0.15, 0.2) is 0 Å². The maximum absolute atomic E-state index is 14.8. The minimum Gasteiger partial charge on any atom is -0.375 e. The second-order valence-corrected chi connectivity index (χ2v) is 7.73. The highest BCUT2D eigenvalue weighted by Crippen LogP contribution is 2.31. The molecule has 2 aromatic carbocycles. The van der Waals surface area contributed by atoms with E-state index in [-0.39, 0.29) is 17.5 Å². The van der Waals surface area contributed by atoms with Crippen molar-refractivity contribution in [1.29, 1.82) is 0 Å². The standard InChI is InChI=1S/C23H22F4N2O/c24-21-14-17(16-5-8-18(9-6-16)23(25,26)27)7-10-20(21)22(30)29-13-3-4-19(29)15-28-11-1-2-12-28/h1,5-11,14,19H,2-4,12-13,15H2. The molecule has 1 atom stereocenters. The molecule has 7 heteroatoms. The predicted octanol–water partition coefficient (Wildman–Crippen LogP) is 5.34. The molecule has 1 unspecified atom stereocenters. The van der Waals surface area contributed by atoms with Gasteiger partial charge in [-0.2, -0.15) is 13.2 Å². The Labute approximate surface area is 172 Å². The number of hydrogen-bond donors (Lipinski definition) is 0. The minimum atomic E-state index is -4.42. The van der Waals surface area contributed by atoms with Crippen molar-refractivity contribution in [3.8, 4) is 11.1 Å². The van der Waals surface area contributed by atoms with Crippen LogP contribution in [0.5, 0.6) is 0 Å². The van der Waals surface area contributed by atoms with Crippen molar-refractivity contribution in [2.24, 2.45) is 0 Å². The van der Waals surface area contributed by atoms with Crippen molar-refractivity contribution in [2.75, 3.05) is 19.6 Å². The summed E-state index contributed by atoms with van der Waals surface area (Å²) >= 11 is 0. The first-order chi connectivity index (χ1) is 14.3. The molecule has 0 spiro atoms. The average molecular weight is 418 g/mol. The van der Waals surface area contributed by atoms with Crippen molar-refractivity contribution < 1.29 is 22.4 Å². The van der Waals surface area contributed by atoms with Crippen molar-refractivity contribution in [2.45, 2.75) is 31.5 Å². The zero-order valence-corrected chi connectivity index (χ0v) is 16.3. The summed E-state index contributed by atoms with van der Waals surface area (Å²) in [5.74, 6) is -0.999. The molecule has 0 aliphatic carbocycles. The first kappa shape index (κ1) is 20.4. The minimum absolute atomic E-state index is 0.00507. The Morgan fingerprint density at radius 2 is 1.77 bits per heavy atom. The van der Waals surface area contributed by atoms with Gasteiger partial charge in [-0.05, 0) is 60.9 Å². The molecule has 0 saturated carbocycles. The van der Waals surface area contributed by atoms with Gasteiger partial charge < -0.3 is 9.80 Å². The van der Waals surface area contributed by atoms with Crippen LogP contribution in [0.4, 0.5) is 17.6 Å². The molecule has 4 rings (SSSR count). The van der Waals surface area contributed by atoms with E-state index >= 15 is 0 Å². The van der Waals surface area contributed by atoms with E-state index in [0.29, 0.717) is 17.7 Å². The van der Waals surface area contributed by atoms with Gasteiger partial charge in [0.05, 0.1) is 11.1 Å². The number of alkyl halides is 3. The van der Waals surface area contributed by atoms with Crippen molar-refractivity contribution in [3.63, 3.8) is 0 Å². The van der Waals surface area contributed by atoms with Crippen LogP contribution in [0, 0.1) is 5.82 Å². The summed E-state index contributed by atoms with van der Waals surface area (Å²) in [5, 5.41) is 0. The van der Waals surface area contributed by atoms with Gasteiger partial charge in [-0.3, -0.25) is 4.79 Å². The Morgan fingerprint density at radius 3 is 2.40 bits per heavy atom. The lowest BCUT2D eigenvalue weighted by molar-refractivity contribution is -0.137. The van der Waals surface area contributed by atoms with Gasteiger partial charge in [0.2, 0.25) is 0 Å². The highest BCUT2D eigenvalue weighted by Gasteiger charge is 2.32. The highest BCUT2D eigenvalue weighted by molar-refractivity contribution is 5.95. The molecule has 0 radical (unpaired) electrons. The van der Waals surface area contributed by atoms with Crippen molar-refractivity contribution in [1.82, 2.24) is 9.80 Å². The van der Waals surface area contributed by atoms with Crippen LogP contribution in [0.3, 0.4) is 0 Å². The second kappa shape index (κ2) is 8.13. The van der Waals surface area contributed by atoms with Crippen molar-refractivity contribution >= 4 is 5.91 Å². The van der Waals surface area contributed by atoms with Crippen LogP contribution >= 0.6 is 0 Å². The summed E-state index contributed by atoms with van der Waals surface area (Å²) in [6.07, 6.45) is 2.50. The summed E-state index contributed by atoms with van der Waals surface area (Å²) < 4.78 is 53.0. The molecule has 0 bridgehead atoms. The molecule has 1 saturated heterocycles. The Kier molecular flexibility index (Phi) is 5.54. The molecule has 2 aromatic rings. The number of nitrogens with zero attached hydrogens (tertiary/aromatic N) is 2. The zero-order chi connectivity index (χ0) is 21.3. The van der Waals surface area contributed by atoms with Crippen LogP contribution in [0.25, 0.3) is 11.1 Å². The maximum Gasteiger partial charge on any atom is 0.416 e. The SMILES string of the molecule is O=C(c1ccc(-c2ccc(C(F)(F)F)cc2)cc1F)N1CCCC1CN1C=CCC1. The molecule has 0 N–H and O–H groups in total. The molecular weight excluding hydrogens is 396 g/mol. The second-order valence-electron chi connectivity index (χ2n) is 7.73. The van der Waals surface area contributed by atoms with Gasteiger partial charge in [-0.1, -0.05) is 24.3 Å². The van der Waals surface area contributed by atoms with Gasteiger partial charge in [0.1, 0.15) is 5.82 Å². The number of halogens is 4. The van der Waals surface area contributed by atoms with Gasteiger partial charge in [0.25, 0.3) is 5.91 Å². The lowest BCUT2D eigenvalue weighted by Crippen LogP contribution is -2.41. The van der Waals surface area contributed by atoms with Crippen LogP contribution in [-0.2, 0) is 6.18 Å². The fourth-order valence-corrected chi connectivity index (χ4v) is 4.13. The fourth-order valence-electron chi connectivity index (χ4n) is 4.13. The summed E-state index contributed by atoms with van der Waals surface area (Å²) in [7, 11) is 0. The number of carbonyl (C=O) groups excluding carboxylic acids is 1. The molecule has 0 aromatic heterocycles. The van der Waals surface area contributed by atoms with Gasteiger partial charge in [0, 0.05) is 25.7 Å². The predicted molar refractivity (Wildman–Crippen MR) is 106 cm³/mol. The zero-order valence-electron chi connectivity index (χ0n) is 16.3. The quantitative estimate of drug-likeness (QED) is 0.626. The number of hydrogen-bond acceptors (Lipinski definition) is 2. The number of carbonyl (C=O) groups is 1. The third-order valence-electron chi connectivity index (χ3n) is 5.73. The molecule has 3 nitrogen and oxygen atoms in total. The first-order valence-corrected chi connectivity index (χ1v) is 10.0. The molecule has 1 fully saturated rings. The van der Waals surface area contributed by atoms with E-state index in [4.69, 9.17) is 0 Å². The van der Waals surface area contributed by atoms with Gasteiger partial charge >= 0.3 is 6.18 Å². The molecule has 30 heavy (non-hydrogen) atoms. The van der Waals surface area contributed by atoms with Crippen LogP contribution in [0.15, 0.2) is 54.7 Å². The monoisotopic (exact) mass is 418 g/mol. The van der Waals surface area contributed by atoms with Crippen LogP contribution in [0.2, 0.25) is 0 Å². The van der Waals surface area contributed by atoms with Gasteiger partial charge in [-0.15, -0.1) is 0 Å². The van der Waals surface area contributed by atoms with E-state index in [2.05, 4.69) is 11.0 Å². The van der Waals surface area contributed by atoms with E-state index in [0.717, 1.165) is 44.5 Å². The third kappa shape index (κ3) is 4.20. The summed E-state index contributed by atoms with van der Waals surface area (Å²) in [5.41, 5.74) is 0.125. The van der Waals surface area contributed by atoms with Crippen LogP contribution in [0.1, 0.15) is 35.2 Å². The first-order valence-electron chi connectivity index (χ1n) is 10.0. The third-order valence-corrected chi connectivity index (χ3v) is 5.73. The highest BCUT2D eigenvalue weighted by atomic mass is 19.4. The number of rotatable bonds is 4. The van der Waals surface area contributed by atoms with Crippen LogP contribution < -0.4 is 0 Å². The number of likely N-dealkylation sites (tertiary alicyclic amines) is 1. The Bertz CT molecular complexity index is 953. The topological polar surface area (TPSA) is 23.6 Å². The molecule has 158 valence electrons. The Morgan fingerprint density at radius 1 is 1.03 bits per heavy atom. The van der Waals surface area contributed by atoms with E-state index in [1.165, 1.54) is 24.3 Å². The van der Waals surface area contributed by atoms with Gasteiger partial charge in [-0.25, -0.2) is 4.39 Å². The molecule has 2 aliphatic heterocycles. The molecular formula is C23H22F4N2O. The Hall–Kier alpha value is -2.83. The summed E-state index contributed by atoms with van der Waals surface area (Å²) in [6, 6.07) is 8.81.